The largest absolute Gasteiger partial charge is 0.489 e. The van der Waals surface area contributed by atoms with Crippen LogP contribution in [0.2, 0.25) is 0 Å². The van der Waals surface area contributed by atoms with Gasteiger partial charge in [-0.05, 0) is 44.5 Å². The van der Waals surface area contributed by atoms with Gasteiger partial charge in [0.2, 0.25) is 0 Å². The summed E-state index contributed by atoms with van der Waals surface area (Å²) in [6, 6.07) is 4.88. The van der Waals surface area contributed by atoms with Crippen molar-refractivity contribution in [1.29, 1.82) is 0 Å². The fraction of sp³-hybridized carbons (Fsp3) is 0.625. The van der Waals surface area contributed by atoms with Crippen LogP contribution in [0, 0.1) is 26.2 Å². The Kier molecular flexibility index (Phi) is 3.41. The van der Waals surface area contributed by atoms with E-state index in [1.807, 2.05) is 7.05 Å². The normalized spacial score (nSPS) is 25.7. The molecular weight excluding hydrogens is 222 g/mol. The third-order valence-electron chi connectivity index (χ3n) is 4.66. The molecule has 1 aliphatic carbocycles. The number of nitrogens with one attached hydrogen (secondary N) is 1. The molecule has 2 nitrogen and oxygen atoms in total. The Bertz CT molecular complexity index is 451. The predicted molar refractivity (Wildman–Crippen MR) is 76.3 cm³/mol. The number of hydrogen-bond acceptors (Lipinski definition) is 2. The Morgan fingerprint density at radius 3 is 2.33 bits per heavy atom. The van der Waals surface area contributed by atoms with Crippen molar-refractivity contribution in [3.05, 3.63) is 28.8 Å². The first kappa shape index (κ1) is 13.4. The summed E-state index contributed by atoms with van der Waals surface area (Å²) in [5, 5.41) is 3.37. The lowest BCUT2D eigenvalue weighted by atomic mass is 9.64. The van der Waals surface area contributed by atoms with Crippen LogP contribution < -0.4 is 10.1 Å². The van der Waals surface area contributed by atoms with Gasteiger partial charge >= 0.3 is 0 Å². The third-order valence-corrected chi connectivity index (χ3v) is 4.66. The van der Waals surface area contributed by atoms with E-state index in [0.29, 0.717) is 12.1 Å². The van der Waals surface area contributed by atoms with Gasteiger partial charge < -0.3 is 10.1 Å². The van der Waals surface area contributed by atoms with E-state index in [0.717, 1.165) is 12.2 Å². The van der Waals surface area contributed by atoms with Gasteiger partial charge in [0, 0.05) is 17.9 Å². The van der Waals surface area contributed by atoms with Gasteiger partial charge in [-0.25, -0.2) is 0 Å². The minimum atomic E-state index is 0.206. The van der Waals surface area contributed by atoms with Gasteiger partial charge in [0.1, 0.15) is 11.9 Å². The first-order valence-electron chi connectivity index (χ1n) is 6.78. The van der Waals surface area contributed by atoms with Crippen molar-refractivity contribution >= 4 is 0 Å². The van der Waals surface area contributed by atoms with E-state index in [2.05, 4.69) is 52.1 Å². The molecular formula is C16H25NO. The quantitative estimate of drug-likeness (QED) is 0.884. The first-order chi connectivity index (χ1) is 8.37. The van der Waals surface area contributed by atoms with Crippen LogP contribution in [0.25, 0.3) is 0 Å². The minimum absolute atomic E-state index is 0.206. The molecule has 2 rings (SSSR count). The highest BCUT2D eigenvalue weighted by molar-refractivity contribution is 5.45. The first-order valence-corrected chi connectivity index (χ1v) is 6.78. The molecule has 0 radical (unpaired) electrons. The molecule has 0 aromatic heterocycles. The highest BCUT2D eigenvalue weighted by Crippen LogP contribution is 2.44. The summed E-state index contributed by atoms with van der Waals surface area (Å²) in [6.45, 7) is 11.0. The summed E-state index contributed by atoms with van der Waals surface area (Å²) in [6.07, 6.45) is 1.41. The van der Waals surface area contributed by atoms with Crippen molar-refractivity contribution < 1.29 is 4.74 Å². The molecule has 1 fully saturated rings. The Labute approximate surface area is 111 Å². The molecule has 18 heavy (non-hydrogen) atoms. The lowest BCUT2D eigenvalue weighted by Crippen LogP contribution is -2.61. The SMILES string of the molecule is CNC1CC(Oc2c(C)ccc(C)c2C)C1(C)C. The van der Waals surface area contributed by atoms with Crippen molar-refractivity contribution in [3.8, 4) is 5.75 Å². The molecule has 1 aromatic carbocycles. The highest BCUT2D eigenvalue weighted by atomic mass is 16.5. The second-order valence-electron chi connectivity index (χ2n) is 6.16. The molecule has 0 aliphatic heterocycles. The fourth-order valence-corrected chi connectivity index (χ4v) is 2.82. The molecule has 1 N–H and O–H groups in total. The maximum atomic E-state index is 6.30. The minimum Gasteiger partial charge on any atom is -0.489 e. The van der Waals surface area contributed by atoms with Gasteiger partial charge in [-0.2, -0.15) is 0 Å². The summed E-state index contributed by atoms with van der Waals surface area (Å²) < 4.78 is 6.30. The Hall–Kier alpha value is -1.02. The van der Waals surface area contributed by atoms with Crippen LogP contribution in [0.5, 0.6) is 5.75 Å². The standard InChI is InChI=1S/C16H25NO/c1-10-7-8-11(2)15(12(10)3)18-14-9-13(17-6)16(14,4)5/h7-8,13-14,17H,9H2,1-6H3. The van der Waals surface area contributed by atoms with Crippen molar-refractivity contribution in [2.24, 2.45) is 5.41 Å². The molecule has 2 unspecified atom stereocenters. The molecule has 0 bridgehead atoms. The van der Waals surface area contributed by atoms with E-state index in [9.17, 15) is 0 Å². The average Bonchev–Trinajstić information content (AvgIpc) is 2.32. The van der Waals surface area contributed by atoms with E-state index < -0.39 is 0 Å². The smallest absolute Gasteiger partial charge is 0.125 e. The van der Waals surface area contributed by atoms with E-state index >= 15 is 0 Å². The lowest BCUT2D eigenvalue weighted by molar-refractivity contribution is -0.0527. The third kappa shape index (κ3) is 2.03. The molecule has 1 aromatic rings. The maximum absolute atomic E-state index is 6.30. The van der Waals surface area contributed by atoms with Gasteiger partial charge in [0.05, 0.1) is 0 Å². The molecule has 1 aliphatic rings. The van der Waals surface area contributed by atoms with Crippen LogP contribution in [0.4, 0.5) is 0 Å². The van der Waals surface area contributed by atoms with Gasteiger partial charge in [-0.15, -0.1) is 0 Å². The van der Waals surface area contributed by atoms with Crippen LogP contribution in [-0.2, 0) is 0 Å². The second-order valence-corrected chi connectivity index (χ2v) is 6.16. The number of aryl methyl sites for hydroxylation is 2. The summed E-state index contributed by atoms with van der Waals surface area (Å²) >= 11 is 0. The van der Waals surface area contributed by atoms with Gasteiger partial charge in [0.15, 0.2) is 0 Å². The summed E-state index contributed by atoms with van der Waals surface area (Å²) in [5.74, 6) is 1.09. The van der Waals surface area contributed by atoms with Crippen LogP contribution in [0.3, 0.4) is 0 Å². The number of ether oxygens (including phenoxy) is 1. The van der Waals surface area contributed by atoms with Crippen molar-refractivity contribution in [2.75, 3.05) is 7.05 Å². The predicted octanol–water partition coefficient (Wildman–Crippen LogP) is 3.38. The van der Waals surface area contributed by atoms with Gasteiger partial charge in [0.25, 0.3) is 0 Å². The molecule has 100 valence electrons. The van der Waals surface area contributed by atoms with Crippen molar-refractivity contribution in [2.45, 2.75) is 53.2 Å². The maximum Gasteiger partial charge on any atom is 0.125 e. The monoisotopic (exact) mass is 247 g/mol. The van der Waals surface area contributed by atoms with Crippen LogP contribution in [0.15, 0.2) is 12.1 Å². The van der Waals surface area contributed by atoms with Crippen molar-refractivity contribution in [1.82, 2.24) is 5.32 Å². The van der Waals surface area contributed by atoms with Gasteiger partial charge in [-0.3, -0.25) is 0 Å². The van der Waals surface area contributed by atoms with Crippen LogP contribution in [0.1, 0.15) is 37.0 Å². The van der Waals surface area contributed by atoms with E-state index in [1.54, 1.807) is 0 Å². The van der Waals surface area contributed by atoms with Gasteiger partial charge in [-0.1, -0.05) is 26.0 Å². The van der Waals surface area contributed by atoms with E-state index in [1.165, 1.54) is 16.7 Å². The summed E-state index contributed by atoms with van der Waals surface area (Å²) in [4.78, 5) is 0. The number of hydrogen-bond donors (Lipinski definition) is 1. The topological polar surface area (TPSA) is 21.3 Å². The molecule has 2 atom stereocenters. The summed E-state index contributed by atoms with van der Waals surface area (Å²) in [7, 11) is 2.03. The number of benzene rings is 1. The Morgan fingerprint density at radius 1 is 1.17 bits per heavy atom. The molecule has 0 spiro atoms. The zero-order valence-electron chi connectivity index (χ0n) is 12.4. The molecule has 0 saturated heterocycles. The number of rotatable bonds is 3. The van der Waals surface area contributed by atoms with Crippen molar-refractivity contribution in [3.63, 3.8) is 0 Å². The van der Waals surface area contributed by atoms with Crippen LogP contribution >= 0.6 is 0 Å². The molecule has 0 amide bonds. The zero-order valence-corrected chi connectivity index (χ0v) is 12.4. The van der Waals surface area contributed by atoms with Crippen LogP contribution in [-0.4, -0.2) is 19.2 Å². The molecule has 2 heteroatoms. The zero-order chi connectivity index (χ0) is 13.5. The highest BCUT2D eigenvalue weighted by Gasteiger charge is 2.49. The Balaban J connectivity index is 2.19. The fourth-order valence-electron chi connectivity index (χ4n) is 2.82. The Morgan fingerprint density at radius 2 is 1.78 bits per heavy atom. The second kappa shape index (κ2) is 4.58. The van der Waals surface area contributed by atoms with E-state index in [-0.39, 0.29) is 5.41 Å². The lowest BCUT2D eigenvalue weighted by Gasteiger charge is -2.51. The average molecular weight is 247 g/mol. The molecule has 0 heterocycles. The summed E-state index contributed by atoms with van der Waals surface area (Å²) in [5.41, 5.74) is 4.02. The molecule has 1 saturated carbocycles. The van der Waals surface area contributed by atoms with E-state index in [4.69, 9.17) is 4.74 Å².